The Morgan fingerprint density at radius 1 is 1.53 bits per heavy atom. The van der Waals surface area contributed by atoms with Crippen molar-refractivity contribution in [3.05, 3.63) is 39.4 Å². The molecule has 0 aliphatic carbocycles. The maximum absolute atomic E-state index is 10.8. The maximum Gasteiger partial charge on any atom is 0.343 e. The fourth-order valence-corrected chi connectivity index (χ4v) is 1.14. The Morgan fingerprint density at radius 2 is 2.13 bits per heavy atom. The quantitative estimate of drug-likeness (QED) is 0.290. The van der Waals surface area contributed by atoms with E-state index in [1.54, 1.807) is 0 Å². The van der Waals surface area contributed by atoms with Crippen molar-refractivity contribution < 1.29 is 14.8 Å². The van der Waals surface area contributed by atoms with Crippen molar-refractivity contribution in [2.45, 2.75) is 0 Å². The molecule has 0 unspecified atom stereocenters. The van der Waals surface area contributed by atoms with Crippen molar-refractivity contribution in [2.75, 3.05) is 0 Å². The summed E-state index contributed by atoms with van der Waals surface area (Å²) in [5.41, 5.74) is 3.83. The van der Waals surface area contributed by atoms with Gasteiger partial charge in [0.1, 0.15) is 11.4 Å². The van der Waals surface area contributed by atoms with Gasteiger partial charge < -0.3 is 10.8 Å². The molecule has 0 atom stereocenters. The first-order valence-corrected chi connectivity index (χ1v) is 3.80. The number of aromatic carboxylic acids is 1. The first-order chi connectivity index (χ1) is 6.95. The van der Waals surface area contributed by atoms with E-state index in [1.165, 1.54) is 12.1 Å². The van der Waals surface area contributed by atoms with Crippen LogP contribution in [-0.2, 0) is 0 Å². The highest BCUT2D eigenvalue weighted by molar-refractivity contribution is 6.07. The van der Waals surface area contributed by atoms with E-state index in [2.05, 4.69) is 0 Å². The van der Waals surface area contributed by atoms with Crippen LogP contribution in [0.1, 0.15) is 15.9 Å². The number of nitrogens with one attached hydrogen (secondary N) is 1. The van der Waals surface area contributed by atoms with Crippen molar-refractivity contribution in [3.8, 4) is 0 Å². The van der Waals surface area contributed by atoms with Crippen LogP contribution < -0.4 is 5.73 Å². The van der Waals surface area contributed by atoms with Gasteiger partial charge in [-0.3, -0.25) is 15.5 Å². The second-order valence-corrected chi connectivity index (χ2v) is 2.68. The molecule has 0 aliphatic rings. The Hall–Kier alpha value is -2.44. The molecular weight excluding hydrogens is 202 g/mol. The zero-order valence-electron chi connectivity index (χ0n) is 7.43. The zero-order valence-corrected chi connectivity index (χ0v) is 7.43. The number of amidine groups is 1. The largest absolute Gasteiger partial charge is 0.477 e. The van der Waals surface area contributed by atoms with Crippen LogP contribution in [0.25, 0.3) is 0 Å². The molecule has 0 saturated heterocycles. The molecule has 0 aliphatic heterocycles. The van der Waals surface area contributed by atoms with Crippen LogP contribution in [0.4, 0.5) is 5.69 Å². The molecule has 0 radical (unpaired) electrons. The number of nitrogen functional groups attached to an aromatic ring is 1. The van der Waals surface area contributed by atoms with Gasteiger partial charge in [-0.1, -0.05) is 6.07 Å². The van der Waals surface area contributed by atoms with Gasteiger partial charge in [-0.2, -0.15) is 0 Å². The van der Waals surface area contributed by atoms with E-state index in [1.807, 2.05) is 0 Å². The van der Waals surface area contributed by atoms with Crippen LogP contribution in [-0.4, -0.2) is 21.8 Å². The molecule has 15 heavy (non-hydrogen) atoms. The Morgan fingerprint density at radius 3 is 2.53 bits per heavy atom. The summed E-state index contributed by atoms with van der Waals surface area (Å²) < 4.78 is 0. The Kier molecular flexibility index (Phi) is 2.65. The third kappa shape index (κ3) is 1.90. The van der Waals surface area contributed by atoms with Crippen LogP contribution in [0.5, 0.6) is 0 Å². The number of hydrogen-bond donors (Lipinski definition) is 3. The van der Waals surface area contributed by atoms with E-state index in [0.29, 0.717) is 0 Å². The van der Waals surface area contributed by atoms with Crippen LogP contribution in [0.15, 0.2) is 18.2 Å². The first kappa shape index (κ1) is 10.6. The molecule has 4 N–H and O–H groups in total. The topological polar surface area (TPSA) is 130 Å². The number of carboxylic acids is 1. The van der Waals surface area contributed by atoms with Gasteiger partial charge in [0.25, 0.3) is 5.69 Å². The first-order valence-electron chi connectivity index (χ1n) is 3.80. The monoisotopic (exact) mass is 209 g/mol. The fraction of sp³-hybridized carbons (Fsp3) is 0. The molecule has 7 nitrogen and oxygen atoms in total. The van der Waals surface area contributed by atoms with Crippen LogP contribution in [0.3, 0.4) is 0 Å². The minimum Gasteiger partial charge on any atom is -0.477 e. The summed E-state index contributed by atoms with van der Waals surface area (Å²) in [7, 11) is 0. The normalized spacial score (nSPS) is 9.60. The number of hydrogen-bond acceptors (Lipinski definition) is 4. The molecule has 0 bridgehead atoms. The number of carbonyl (C=O) groups is 1. The number of nitrogens with two attached hydrogens (primary N) is 1. The lowest BCUT2D eigenvalue weighted by Crippen LogP contribution is -2.17. The minimum absolute atomic E-state index is 0.156. The molecule has 0 heterocycles. The lowest BCUT2D eigenvalue weighted by molar-refractivity contribution is -0.385. The summed E-state index contributed by atoms with van der Waals surface area (Å²) in [5.74, 6) is -2.00. The average molecular weight is 209 g/mol. The molecule has 1 rings (SSSR count). The Labute approximate surface area is 83.8 Å². The van der Waals surface area contributed by atoms with Crippen molar-refractivity contribution in [1.82, 2.24) is 0 Å². The predicted octanol–water partition coefficient (Wildman–Crippen LogP) is 0.577. The molecule has 7 heteroatoms. The second-order valence-electron chi connectivity index (χ2n) is 2.68. The highest BCUT2D eigenvalue weighted by Crippen LogP contribution is 2.21. The summed E-state index contributed by atoms with van der Waals surface area (Å²) in [6.07, 6.45) is 0. The molecule has 0 fully saturated rings. The Balaban J connectivity index is 3.56. The molecule has 1 aromatic rings. The van der Waals surface area contributed by atoms with E-state index >= 15 is 0 Å². The number of nitro groups is 1. The van der Waals surface area contributed by atoms with Crippen LogP contribution >= 0.6 is 0 Å². The van der Waals surface area contributed by atoms with E-state index in [9.17, 15) is 14.9 Å². The minimum atomic E-state index is -1.48. The van der Waals surface area contributed by atoms with Gasteiger partial charge >= 0.3 is 5.97 Å². The second kappa shape index (κ2) is 3.74. The molecule has 0 spiro atoms. The van der Waals surface area contributed by atoms with Gasteiger partial charge in [0.2, 0.25) is 0 Å². The number of nitrogens with zero attached hydrogens (tertiary/aromatic N) is 1. The van der Waals surface area contributed by atoms with E-state index < -0.39 is 28.0 Å². The maximum atomic E-state index is 10.8. The molecule has 0 amide bonds. The van der Waals surface area contributed by atoms with Gasteiger partial charge in [-0.25, -0.2) is 4.79 Å². The Bertz CT molecular complexity index is 423. The van der Waals surface area contributed by atoms with Gasteiger partial charge in [0.15, 0.2) is 0 Å². The summed E-state index contributed by atoms with van der Waals surface area (Å²) >= 11 is 0. The van der Waals surface area contributed by atoms with Crippen molar-refractivity contribution in [2.24, 2.45) is 5.73 Å². The summed E-state index contributed by atoms with van der Waals surface area (Å²) in [6.45, 7) is 0. The highest BCUT2D eigenvalue weighted by Gasteiger charge is 2.24. The van der Waals surface area contributed by atoms with Crippen molar-refractivity contribution in [1.29, 1.82) is 5.41 Å². The number of nitro benzene ring substituents is 1. The molecule has 0 saturated carbocycles. The fourth-order valence-electron chi connectivity index (χ4n) is 1.14. The standard InChI is InChI=1S/C8H7N3O4/c9-7(10)4-2-1-3-5(11(14)15)6(4)8(12)13/h1-3H,(H3,9,10)(H,12,13). The van der Waals surface area contributed by atoms with Crippen LogP contribution in [0.2, 0.25) is 0 Å². The average Bonchev–Trinajstić information content (AvgIpc) is 2.16. The lowest BCUT2D eigenvalue weighted by atomic mass is 10.0. The summed E-state index contributed by atoms with van der Waals surface area (Å²) in [6, 6.07) is 3.58. The summed E-state index contributed by atoms with van der Waals surface area (Å²) in [5, 5.41) is 26.4. The zero-order chi connectivity index (χ0) is 11.6. The van der Waals surface area contributed by atoms with Gasteiger partial charge in [0, 0.05) is 11.6 Å². The van der Waals surface area contributed by atoms with E-state index in [4.69, 9.17) is 16.2 Å². The molecular formula is C8H7N3O4. The van der Waals surface area contributed by atoms with Crippen LogP contribution in [0, 0.1) is 15.5 Å². The summed E-state index contributed by atoms with van der Waals surface area (Å²) in [4.78, 5) is 20.5. The van der Waals surface area contributed by atoms with Crippen molar-refractivity contribution in [3.63, 3.8) is 0 Å². The smallest absolute Gasteiger partial charge is 0.343 e. The van der Waals surface area contributed by atoms with E-state index in [0.717, 1.165) is 6.07 Å². The van der Waals surface area contributed by atoms with Gasteiger partial charge in [-0.15, -0.1) is 0 Å². The third-order valence-electron chi connectivity index (χ3n) is 1.74. The number of rotatable bonds is 3. The predicted molar refractivity (Wildman–Crippen MR) is 51.1 cm³/mol. The van der Waals surface area contributed by atoms with Gasteiger partial charge in [-0.05, 0) is 6.07 Å². The number of carboxylic acid groups (broad SMARTS) is 1. The highest BCUT2D eigenvalue weighted by atomic mass is 16.6. The van der Waals surface area contributed by atoms with E-state index in [-0.39, 0.29) is 5.56 Å². The van der Waals surface area contributed by atoms with Crippen molar-refractivity contribution >= 4 is 17.5 Å². The SMILES string of the molecule is N=C(N)c1cccc([N+](=O)[O-])c1C(=O)O. The molecule has 78 valence electrons. The third-order valence-corrected chi connectivity index (χ3v) is 1.74. The lowest BCUT2D eigenvalue weighted by Gasteiger charge is -2.03. The molecule has 1 aromatic carbocycles. The van der Waals surface area contributed by atoms with Gasteiger partial charge in [0.05, 0.1) is 4.92 Å². The number of benzene rings is 1. The molecule has 0 aromatic heterocycles.